The first-order chi connectivity index (χ1) is 10.5. The summed E-state index contributed by atoms with van der Waals surface area (Å²) in [6.45, 7) is 4.56. The number of sulfonamides is 1. The Bertz CT molecular complexity index is 712. The summed E-state index contributed by atoms with van der Waals surface area (Å²) < 4.78 is 27.2. The second kappa shape index (κ2) is 7.59. The van der Waals surface area contributed by atoms with Crippen molar-refractivity contribution in [3.8, 4) is 0 Å². The van der Waals surface area contributed by atoms with Crippen LogP contribution in [0.3, 0.4) is 0 Å². The summed E-state index contributed by atoms with van der Waals surface area (Å²) in [7, 11) is -3.44. The van der Waals surface area contributed by atoms with Gasteiger partial charge in [0.15, 0.2) is 0 Å². The quantitative estimate of drug-likeness (QED) is 0.734. The van der Waals surface area contributed by atoms with E-state index in [2.05, 4.69) is 20.9 Å². The third kappa shape index (κ3) is 4.10. The molecule has 0 radical (unpaired) electrons. The summed E-state index contributed by atoms with van der Waals surface area (Å²) in [5.41, 5.74) is 0. The van der Waals surface area contributed by atoms with E-state index in [1.807, 2.05) is 38.1 Å². The molecule has 0 aliphatic carbocycles. The first-order valence-electron chi connectivity index (χ1n) is 6.87. The Morgan fingerprint density at radius 3 is 2.23 bits per heavy atom. The van der Waals surface area contributed by atoms with Crippen LogP contribution in [0.1, 0.15) is 13.8 Å². The van der Waals surface area contributed by atoms with Crippen LogP contribution in [-0.4, -0.2) is 30.8 Å². The Morgan fingerprint density at radius 2 is 1.73 bits per heavy atom. The van der Waals surface area contributed by atoms with Gasteiger partial charge in [0.05, 0.1) is 0 Å². The maximum atomic E-state index is 12.4. The Balaban J connectivity index is 2.18. The minimum atomic E-state index is -3.44. The minimum Gasteiger partial charge on any atom is -0.248 e. The van der Waals surface area contributed by atoms with Gasteiger partial charge in [-0.1, -0.05) is 41.5 Å². The fraction of sp³-hybridized carbons (Fsp3) is 0.267. The highest BCUT2D eigenvalue weighted by atomic mass is 79.9. The van der Waals surface area contributed by atoms with Crippen molar-refractivity contribution in [1.29, 1.82) is 0 Å². The SMILES string of the molecule is CCN(CC)S(=O)(=O)c1ccc(Sc2ccc(Br)cc2)nc1. The van der Waals surface area contributed by atoms with Crippen LogP contribution in [-0.2, 0) is 10.0 Å². The zero-order valence-corrected chi connectivity index (χ0v) is 15.6. The second-order valence-electron chi connectivity index (χ2n) is 4.48. The summed E-state index contributed by atoms with van der Waals surface area (Å²) >= 11 is 4.89. The predicted molar refractivity (Wildman–Crippen MR) is 92.6 cm³/mol. The summed E-state index contributed by atoms with van der Waals surface area (Å²) in [6, 6.07) is 11.2. The molecule has 0 aliphatic heterocycles. The molecule has 0 N–H and O–H groups in total. The van der Waals surface area contributed by atoms with Crippen LogP contribution < -0.4 is 0 Å². The highest BCUT2D eigenvalue weighted by Gasteiger charge is 2.21. The molecule has 1 heterocycles. The van der Waals surface area contributed by atoms with Crippen LogP contribution in [0.5, 0.6) is 0 Å². The van der Waals surface area contributed by atoms with Crippen LogP contribution >= 0.6 is 27.7 Å². The van der Waals surface area contributed by atoms with Gasteiger partial charge in [0, 0.05) is 28.7 Å². The largest absolute Gasteiger partial charge is 0.248 e. The molecule has 0 fully saturated rings. The Hall–Kier alpha value is -0.890. The first kappa shape index (κ1) is 17.5. The molecule has 0 spiro atoms. The maximum absolute atomic E-state index is 12.4. The number of hydrogen-bond acceptors (Lipinski definition) is 4. The van der Waals surface area contributed by atoms with Gasteiger partial charge in [0.1, 0.15) is 9.92 Å². The van der Waals surface area contributed by atoms with Gasteiger partial charge in [-0.25, -0.2) is 13.4 Å². The van der Waals surface area contributed by atoms with E-state index in [9.17, 15) is 8.42 Å². The Labute approximate surface area is 144 Å². The molecular weight excluding hydrogens is 384 g/mol. The van der Waals surface area contributed by atoms with E-state index in [-0.39, 0.29) is 4.90 Å². The second-order valence-corrected chi connectivity index (χ2v) is 8.42. The molecule has 0 bridgehead atoms. The molecule has 0 amide bonds. The van der Waals surface area contributed by atoms with Gasteiger partial charge in [-0.15, -0.1) is 0 Å². The lowest BCUT2D eigenvalue weighted by molar-refractivity contribution is 0.445. The molecule has 1 aromatic heterocycles. The van der Waals surface area contributed by atoms with Crippen molar-refractivity contribution in [3.63, 3.8) is 0 Å². The lowest BCUT2D eigenvalue weighted by Crippen LogP contribution is -2.30. The summed E-state index contributed by atoms with van der Waals surface area (Å²) in [4.78, 5) is 5.54. The monoisotopic (exact) mass is 400 g/mol. The maximum Gasteiger partial charge on any atom is 0.244 e. The molecular formula is C15H17BrN2O2S2. The van der Waals surface area contributed by atoms with Gasteiger partial charge in [0.25, 0.3) is 0 Å². The minimum absolute atomic E-state index is 0.233. The predicted octanol–water partition coefficient (Wildman–Crippen LogP) is 4.03. The van der Waals surface area contributed by atoms with Crippen LogP contribution in [0.25, 0.3) is 0 Å². The van der Waals surface area contributed by atoms with Crippen molar-refractivity contribution in [3.05, 3.63) is 47.1 Å². The lowest BCUT2D eigenvalue weighted by Gasteiger charge is -2.18. The van der Waals surface area contributed by atoms with Crippen LogP contribution in [0, 0.1) is 0 Å². The molecule has 0 aliphatic rings. The first-order valence-corrected chi connectivity index (χ1v) is 9.92. The fourth-order valence-electron chi connectivity index (χ4n) is 1.92. The zero-order chi connectivity index (χ0) is 16.2. The third-order valence-electron chi connectivity index (χ3n) is 3.09. The molecule has 0 atom stereocenters. The van der Waals surface area contributed by atoms with Gasteiger partial charge >= 0.3 is 0 Å². The molecule has 2 rings (SSSR count). The summed E-state index contributed by atoms with van der Waals surface area (Å²) in [5, 5.41) is 0.765. The van der Waals surface area contributed by atoms with Crippen molar-refractivity contribution in [2.45, 2.75) is 28.7 Å². The molecule has 118 valence electrons. The van der Waals surface area contributed by atoms with Gasteiger partial charge in [-0.2, -0.15) is 4.31 Å². The number of nitrogens with zero attached hydrogens (tertiary/aromatic N) is 2. The van der Waals surface area contributed by atoms with E-state index in [0.717, 1.165) is 14.4 Å². The highest BCUT2D eigenvalue weighted by molar-refractivity contribution is 9.10. The molecule has 7 heteroatoms. The summed E-state index contributed by atoms with van der Waals surface area (Å²) in [6.07, 6.45) is 1.43. The van der Waals surface area contributed by atoms with E-state index in [4.69, 9.17) is 0 Å². The lowest BCUT2D eigenvalue weighted by atomic mass is 10.4. The van der Waals surface area contributed by atoms with Gasteiger partial charge in [-0.3, -0.25) is 0 Å². The van der Waals surface area contributed by atoms with Crippen LogP contribution in [0.15, 0.2) is 61.9 Å². The third-order valence-corrected chi connectivity index (χ3v) is 6.61. The number of aromatic nitrogens is 1. The molecule has 0 saturated heterocycles. The normalized spacial score (nSPS) is 11.8. The van der Waals surface area contributed by atoms with Crippen molar-refractivity contribution < 1.29 is 8.42 Å². The number of benzene rings is 1. The molecule has 22 heavy (non-hydrogen) atoms. The van der Waals surface area contributed by atoms with E-state index in [0.29, 0.717) is 13.1 Å². The average Bonchev–Trinajstić information content (AvgIpc) is 2.51. The molecule has 0 saturated carbocycles. The molecule has 4 nitrogen and oxygen atoms in total. The van der Waals surface area contributed by atoms with Gasteiger partial charge in [0.2, 0.25) is 10.0 Å². The van der Waals surface area contributed by atoms with E-state index < -0.39 is 10.0 Å². The van der Waals surface area contributed by atoms with E-state index in [1.165, 1.54) is 22.3 Å². The topological polar surface area (TPSA) is 50.3 Å². The highest BCUT2D eigenvalue weighted by Crippen LogP contribution is 2.28. The van der Waals surface area contributed by atoms with Crippen molar-refractivity contribution >= 4 is 37.7 Å². The van der Waals surface area contributed by atoms with Gasteiger partial charge < -0.3 is 0 Å². The fourth-order valence-corrected chi connectivity index (χ4v) is 4.34. The number of halogens is 1. The zero-order valence-electron chi connectivity index (χ0n) is 12.4. The van der Waals surface area contributed by atoms with Crippen molar-refractivity contribution in [2.75, 3.05) is 13.1 Å². The standard InChI is InChI=1S/C15H17BrN2O2S2/c1-3-18(4-2)22(19,20)14-9-10-15(17-11-14)21-13-7-5-12(16)6-8-13/h5-11H,3-4H2,1-2H3. The van der Waals surface area contributed by atoms with Crippen LogP contribution in [0.2, 0.25) is 0 Å². The molecule has 2 aromatic rings. The van der Waals surface area contributed by atoms with E-state index >= 15 is 0 Å². The van der Waals surface area contributed by atoms with Crippen molar-refractivity contribution in [2.24, 2.45) is 0 Å². The summed E-state index contributed by atoms with van der Waals surface area (Å²) in [5.74, 6) is 0. The van der Waals surface area contributed by atoms with Crippen LogP contribution in [0.4, 0.5) is 0 Å². The number of hydrogen-bond donors (Lipinski definition) is 0. The molecule has 1 aromatic carbocycles. The smallest absolute Gasteiger partial charge is 0.244 e. The molecule has 0 unspecified atom stereocenters. The van der Waals surface area contributed by atoms with Crippen molar-refractivity contribution in [1.82, 2.24) is 9.29 Å². The van der Waals surface area contributed by atoms with Gasteiger partial charge in [-0.05, 0) is 36.4 Å². The number of pyridine rings is 1. The Morgan fingerprint density at radius 1 is 1.09 bits per heavy atom. The number of rotatable bonds is 6. The van der Waals surface area contributed by atoms with E-state index in [1.54, 1.807) is 12.1 Å². The average molecular weight is 401 g/mol. The Kier molecular flexibility index (Phi) is 6.02.